The lowest BCUT2D eigenvalue weighted by molar-refractivity contribution is -0.111. The van der Waals surface area contributed by atoms with Crippen molar-refractivity contribution in [1.82, 2.24) is 4.98 Å². The molecule has 0 unspecified atom stereocenters. The number of carbonyl (C=O) groups excluding carboxylic acids is 1. The third kappa shape index (κ3) is 3.67. The van der Waals surface area contributed by atoms with Gasteiger partial charge in [-0.05, 0) is 35.9 Å². The summed E-state index contributed by atoms with van der Waals surface area (Å²) < 4.78 is 10.6. The van der Waals surface area contributed by atoms with Crippen LogP contribution in [0.3, 0.4) is 0 Å². The van der Waals surface area contributed by atoms with Gasteiger partial charge in [0.1, 0.15) is 11.5 Å². The van der Waals surface area contributed by atoms with Crippen LogP contribution in [-0.2, 0) is 4.79 Å². The van der Waals surface area contributed by atoms with Gasteiger partial charge < -0.3 is 9.15 Å². The van der Waals surface area contributed by atoms with Gasteiger partial charge in [0.25, 0.3) is 5.91 Å². The summed E-state index contributed by atoms with van der Waals surface area (Å²) in [6.07, 6.45) is 4.90. The van der Waals surface area contributed by atoms with E-state index in [1.165, 1.54) is 11.3 Å². The van der Waals surface area contributed by atoms with Crippen molar-refractivity contribution in [3.8, 4) is 5.75 Å². The second-order valence-electron chi connectivity index (χ2n) is 4.60. The van der Waals surface area contributed by atoms with E-state index in [2.05, 4.69) is 10.3 Å². The first-order valence-electron chi connectivity index (χ1n) is 6.87. The highest BCUT2D eigenvalue weighted by Gasteiger charge is 2.15. The molecule has 3 rings (SSSR count). The standard InChI is InChI=1S/C17H14N2O3S/c1-21-13-5-2-4-12(10-13)15(11-14-6-3-8-22-14)16(20)19-17-18-7-9-23-17/h2-11H,1H3,(H,18,19,20)/b15-11+. The van der Waals surface area contributed by atoms with Crippen molar-refractivity contribution in [2.75, 3.05) is 12.4 Å². The number of carbonyl (C=O) groups is 1. The minimum atomic E-state index is -0.260. The van der Waals surface area contributed by atoms with E-state index in [1.807, 2.05) is 18.2 Å². The molecule has 6 heteroatoms. The second kappa shape index (κ2) is 6.93. The molecule has 23 heavy (non-hydrogen) atoms. The third-order valence-corrected chi connectivity index (χ3v) is 3.80. The maximum absolute atomic E-state index is 12.6. The fraction of sp³-hybridized carbons (Fsp3) is 0.0588. The quantitative estimate of drug-likeness (QED) is 0.722. The highest BCUT2D eigenvalue weighted by Crippen LogP contribution is 2.24. The molecule has 3 aromatic rings. The van der Waals surface area contributed by atoms with Gasteiger partial charge in [0.15, 0.2) is 5.13 Å². The predicted octanol–water partition coefficient (Wildman–Crippen LogP) is 3.92. The molecule has 0 bridgehead atoms. The molecule has 5 nitrogen and oxygen atoms in total. The molecule has 0 radical (unpaired) electrons. The van der Waals surface area contributed by atoms with Gasteiger partial charge in [0, 0.05) is 11.6 Å². The lowest BCUT2D eigenvalue weighted by Crippen LogP contribution is -2.13. The van der Waals surface area contributed by atoms with Crippen molar-refractivity contribution in [3.63, 3.8) is 0 Å². The molecule has 0 spiro atoms. The first kappa shape index (κ1) is 15.1. The molecule has 0 saturated heterocycles. The average molecular weight is 326 g/mol. The first-order chi connectivity index (χ1) is 11.3. The zero-order chi connectivity index (χ0) is 16.1. The smallest absolute Gasteiger partial charge is 0.258 e. The number of thiazole rings is 1. The largest absolute Gasteiger partial charge is 0.497 e. The number of methoxy groups -OCH3 is 1. The van der Waals surface area contributed by atoms with Crippen LogP contribution < -0.4 is 10.1 Å². The van der Waals surface area contributed by atoms with Crippen molar-refractivity contribution >= 4 is 34.0 Å². The molecule has 0 aliphatic carbocycles. The number of rotatable bonds is 5. The van der Waals surface area contributed by atoms with Crippen LogP contribution in [0.1, 0.15) is 11.3 Å². The summed E-state index contributed by atoms with van der Waals surface area (Å²) >= 11 is 1.36. The van der Waals surface area contributed by atoms with Crippen molar-refractivity contribution in [3.05, 3.63) is 65.6 Å². The number of furan rings is 1. The Morgan fingerprint density at radius 3 is 2.96 bits per heavy atom. The number of nitrogens with one attached hydrogen (secondary N) is 1. The van der Waals surface area contributed by atoms with Gasteiger partial charge in [-0.2, -0.15) is 0 Å². The Bertz CT molecular complexity index is 808. The average Bonchev–Trinajstić information content (AvgIpc) is 3.26. The minimum absolute atomic E-state index is 0.260. The Morgan fingerprint density at radius 1 is 1.35 bits per heavy atom. The molecule has 0 saturated carbocycles. The highest BCUT2D eigenvalue weighted by molar-refractivity contribution is 7.13. The lowest BCUT2D eigenvalue weighted by Gasteiger charge is -2.09. The summed E-state index contributed by atoms with van der Waals surface area (Å²) in [5, 5.41) is 5.14. The third-order valence-electron chi connectivity index (χ3n) is 3.11. The van der Waals surface area contributed by atoms with Gasteiger partial charge >= 0.3 is 0 Å². The van der Waals surface area contributed by atoms with Gasteiger partial charge in [-0.25, -0.2) is 4.98 Å². The molecule has 1 aromatic carbocycles. The zero-order valence-corrected chi connectivity index (χ0v) is 13.2. The maximum atomic E-state index is 12.6. The van der Waals surface area contributed by atoms with Gasteiger partial charge in [0.05, 0.1) is 18.9 Å². The number of ether oxygens (including phenoxy) is 1. The molecule has 0 atom stereocenters. The minimum Gasteiger partial charge on any atom is -0.497 e. The fourth-order valence-corrected chi connectivity index (χ4v) is 2.56. The summed E-state index contributed by atoms with van der Waals surface area (Å²) in [5.74, 6) is 1.01. The summed E-state index contributed by atoms with van der Waals surface area (Å²) in [5.41, 5.74) is 1.20. The van der Waals surface area contributed by atoms with E-state index in [-0.39, 0.29) is 5.91 Å². The van der Waals surface area contributed by atoms with Crippen LogP contribution in [0.5, 0.6) is 5.75 Å². The topological polar surface area (TPSA) is 64.4 Å². The van der Waals surface area contributed by atoms with Gasteiger partial charge in [-0.15, -0.1) is 11.3 Å². The summed E-state index contributed by atoms with van der Waals surface area (Å²) in [4.78, 5) is 16.7. The summed E-state index contributed by atoms with van der Waals surface area (Å²) in [6, 6.07) is 10.9. The van der Waals surface area contributed by atoms with E-state index >= 15 is 0 Å². The van der Waals surface area contributed by atoms with Crippen molar-refractivity contribution in [2.24, 2.45) is 0 Å². The SMILES string of the molecule is COc1cccc(/C(=C\c2ccco2)C(=O)Nc2nccs2)c1. The molecule has 2 aromatic heterocycles. The molecular weight excluding hydrogens is 312 g/mol. The molecular formula is C17H14N2O3S. The fourth-order valence-electron chi connectivity index (χ4n) is 2.04. The molecule has 1 N–H and O–H groups in total. The van der Waals surface area contributed by atoms with Crippen LogP contribution >= 0.6 is 11.3 Å². The van der Waals surface area contributed by atoms with Crippen molar-refractivity contribution in [2.45, 2.75) is 0 Å². The van der Waals surface area contributed by atoms with E-state index in [9.17, 15) is 4.79 Å². The first-order valence-corrected chi connectivity index (χ1v) is 7.75. The molecule has 0 aliphatic heterocycles. The lowest BCUT2D eigenvalue weighted by atomic mass is 10.0. The Labute approximate surface area is 137 Å². The summed E-state index contributed by atoms with van der Waals surface area (Å²) in [6.45, 7) is 0. The molecule has 0 fully saturated rings. The van der Waals surface area contributed by atoms with Crippen molar-refractivity contribution < 1.29 is 13.9 Å². The van der Waals surface area contributed by atoms with Gasteiger partial charge in [-0.3, -0.25) is 10.1 Å². The van der Waals surface area contributed by atoms with Crippen LogP contribution in [0.15, 0.2) is 58.7 Å². The number of anilines is 1. The molecule has 116 valence electrons. The van der Waals surface area contributed by atoms with E-state index in [0.29, 0.717) is 22.2 Å². The number of nitrogens with zero attached hydrogens (tertiary/aromatic N) is 1. The number of amides is 1. The number of hydrogen-bond acceptors (Lipinski definition) is 5. The Kier molecular flexibility index (Phi) is 4.54. The van der Waals surface area contributed by atoms with Crippen LogP contribution in [0.4, 0.5) is 5.13 Å². The van der Waals surface area contributed by atoms with Crippen LogP contribution in [-0.4, -0.2) is 18.0 Å². The van der Waals surface area contributed by atoms with Gasteiger partial charge in [-0.1, -0.05) is 12.1 Å². The van der Waals surface area contributed by atoms with Crippen LogP contribution in [0, 0.1) is 0 Å². The Balaban J connectivity index is 1.97. The number of benzene rings is 1. The number of aromatic nitrogens is 1. The van der Waals surface area contributed by atoms with Gasteiger partial charge in [0.2, 0.25) is 0 Å². The van der Waals surface area contributed by atoms with Crippen LogP contribution in [0.2, 0.25) is 0 Å². The monoisotopic (exact) mass is 326 g/mol. The van der Waals surface area contributed by atoms with E-state index in [1.54, 1.807) is 49.2 Å². The molecule has 0 aliphatic rings. The van der Waals surface area contributed by atoms with E-state index < -0.39 is 0 Å². The normalized spacial score (nSPS) is 11.3. The van der Waals surface area contributed by atoms with Crippen LogP contribution in [0.25, 0.3) is 11.6 Å². The Hall–Kier alpha value is -2.86. The zero-order valence-electron chi connectivity index (χ0n) is 12.4. The molecule has 1 amide bonds. The molecule has 2 heterocycles. The van der Waals surface area contributed by atoms with E-state index in [4.69, 9.17) is 9.15 Å². The highest BCUT2D eigenvalue weighted by atomic mass is 32.1. The Morgan fingerprint density at radius 2 is 2.26 bits per heavy atom. The summed E-state index contributed by atoms with van der Waals surface area (Å²) in [7, 11) is 1.59. The predicted molar refractivity (Wildman–Crippen MR) is 90.3 cm³/mol. The van der Waals surface area contributed by atoms with E-state index in [0.717, 1.165) is 5.56 Å². The number of hydrogen-bond donors (Lipinski definition) is 1. The second-order valence-corrected chi connectivity index (χ2v) is 5.49. The van der Waals surface area contributed by atoms with Crippen molar-refractivity contribution in [1.29, 1.82) is 0 Å². The maximum Gasteiger partial charge on any atom is 0.258 e.